The molecule has 0 radical (unpaired) electrons. The van der Waals surface area contributed by atoms with E-state index >= 15 is 0 Å². The summed E-state index contributed by atoms with van der Waals surface area (Å²) in [6, 6.07) is 9.04. The summed E-state index contributed by atoms with van der Waals surface area (Å²) in [4.78, 5) is 2.57. The molecular formula is C18H31BrN2. The number of nitrogens with one attached hydrogen (secondary N) is 1. The zero-order valence-electron chi connectivity index (χ0n) is 13.9. The Bertz CT molecular complexity index is 381. The molecule has 21 heavy (non-hydrogen) atoms. The van der Waals surface area contributed by atoms with Gasteiger partial charge >= 0.3 is 0 Å². The van der Waals surface area contributed by atoms with E-state index in [4.69, 9.17) is 0 Å². The van der Waals surface area contributed by atoms with Gasteiger partial charge in [0.25, 0.3) is 0 Å². The van der Waals surface area contributed by atoms with Crippen LogP contribution in [0.1, 0.15) is 58.1 Å². The lowest BCUT2D eigenvalue weighted by molar-refractivity contribution is 0.264. The van der Waals surface area contributed by atoms with Gasteiger partial charge in [-0.1, -0.05) is 61.3 Å². The van der Waals surface area contributed by atoms with Crippen molar-refractivity contribution in [2.75, 3.05) is 26.2 Å². The molecule has 0 amide bonds. The molecule has 0 heterocycles. The van der Waals surface area contributed by atoms with Gasteiger partial charge in [0.15, 0.2) is 0 Å². The van der Waals surface area contributed by atoms with Gasteiger partial charge in [0.05, 0.1) is 0 Å². The van der Waals surface area contributed by atoms with Gasteiger partial charge in [0.1, 0.15) is 0 Å². The standard InChI is InChI=1S/C18H31BrN2/c1-4-7-14-21(6-3)15-12-18(20-13-5-2)16-10-8-9-11-17(16)19/h8-11,18,20H,4-7,12-15H2,1-3H3. The van der Waals surface area contributed by atoms with Crippen molar-refractivity contribution in [3.8, 4) is 0 Å². The molecule has 0 aliphatic heterocycles. The second kappa shape index (κ2) is 11.2. The van der Waals surface area contributed by atoms with Gasteiger partial charge in [-0.15, -0.1) is 0 Å². The highest BCUT2D eigenvalue weighted by atomic mass is 79.9. The molecule has 120 valence electrons. The van der Waals surface area contributed by atoms with Crippen molar-refractivity contribution in [2.45, 2.75) is 52.5 Å². The molecule has 1 unspecified atom stereocenters. The first-order valence-corrected chi connectivity index (χ1v) is 9.22. The van der Waals surface area contributed by atoms with Crippen LogP contribution >= 0.6 is 15.9 Å². The zero-order chi connectivity index (χ0) is 15.5. The third-order valence-electron chi connectivity index (χ3n) is 3.93. The smallest absolute Gasteiger partial charge is 0.0343 e. The third-order valence-corrected chi connectivity index (χ3v) is 4.65. The first-order valence-electron chi connectivity index (χ1n) is 8.43. The summed E-state index contributed by atoms with van der Waals surface area (Å²) in [5.41, 5.74) is 1.39. The Balaban J connectivity index is 2.63. The number of rotatable bonds is 11. The Labute approximate surface area is 139 Å². The molecule has 0 fully saturated rings. The number of halogens is 1. The van der Waals surface area contributed by atoms with Crippen LogP contribution in [0.2, 0.25) is 0 Å². The fourth-order valence-corrected chi connectivity index (χ4v) is 3.13. The first kappa shape index (κ1) is 18.7. The van der Waals surface area contributed by atoms with Crippen LogP contribution in [0.15, 0.2) is 28.7 Å². The first-order chi connectivity index (χ1) is 10.2. The van der Waals surface area contributed by atoms with Crippen LogP contribution in [0, 0.1) is 0 Å². The lowest BCUT2D eigenvalue weighted by atomic mass is 10.0. The molecule has 1 N–H and O–H groups in total. The maximum Gasteiger partial charge on any atom is 0.0343 e. The van der Waals surface area contributed by atoms with Crippen molar-refractivity contribution < 1.29 is 0 Å². The van der Waals surface area contributed by atoms with E-state index in [1.807, 2.05) is 0 Å². The molecule has 0 aromatic heterocycles. The van der Waals surface area contributed by atoms with Crippen LogP contribution in [0.3, 0.4) is 0 Å². The minimum Gasteiger partial charge on any atom is -0.310 e. The van der Waals surface area contributed by atoms with Crippen molar-refractivity contribution in [3.63, 3.8) is 0 Å². The summed E-state index contributed by atoms with van der Waals surface area (Å²) >= 11 is 3.70. The molecule has 0 aliphatic rings. The SMILES string of the molecule is CCCCN(CC)CCC(NCCC)c1ccccc1Br. The van der Waals surface area contributed by atoms with E-state index in [1.165, 1.54) is 48.8 Å². The van der Waals surface area contributed by atoms with Gasteiger partial charge in [-0.25, -0.2) is 0 Å². The van der Waals surface area contributed by atoms with E-state index in [0.29, 0.717) is 6.04 Å². The highest BCUT2D eigenvalue weighted by Gasteiger charge is 2.14. The average Bonchev–Trinajstić information content (AvgIpc) is 2.51. The number of unbranched alkanes of at least 4 members (excludes halogenated alkanes) is 1. The van der Waals surface area contributed by atoms with E-state index in [-0.39, 0.29) is 0 Å². The third kappa shape index (κ3) is 6.94. The summed E-state index contributed by atoms with van der Waals surface area (Å²) < 4.78 is 1.22. The highest BCUT2D eigenvalue weighted by Crippen LogP contribution is 2.25. The number of hydrogen-bond donors (Lipinski definition) is 1. The number of nitrogens with zero attached hydrogens (tertiary/aromatic N) is 1. The minimum absolute atomic E-state index is 0.441. The molecule has 0 bridgehead atoms. The Morgan fingerprint density at radius 1 is 1.10 bits per heavy atom. The van der Waals surface area contributed by atoms with Gasteiger partial charge < -0.3 is 10.2 Å². The molecule has 1 aromatic carbocycles. The predicted molar refractivity (Wildman–Crippen MR) is 96.8 cm³/mol. The van der Waals surface area contributed by atoms with E-state index in [1.54, 1.807) is 0 Å². The topological polar surface area (TPSA) is 15.3 Å². The van der Waals surface area contributed by atoms with E-state index in [0.717, 1.165) is 13.1 Å². The summed E-state index contributed by atoms with van der Waals surface area (Å²) in [6.07, 6.45) is 4.92. The Morgan fingerprint density at radius 2 is 1.86 bits per heavy atom. The predicted octanol–water partition coefficient (Wildman–Crippen LogP) is 5.00. The molecule has 1 atom stereocenters. The fraction of sp³-hybridized carbons (Fsp3) is 0.667. The second-order valence-electron chi connectivity index (χ2n) is 5.60. The van der Waals surface area contributed by atoms with Gasteiger partial charge in [-0.3, -0.25) is 0 Å². The maximum absolute atomic E-state index is 3.71. The van der Waals surface area contributed by atoms with Gasteiger partial charge in [-0.2, -0.15) is 0 Å². The highest BCUT2D eigenvalue weighted by molar-refractivity contribution is 9.10. The van der Waals surface area contributed by atoms with Crippen molar-refractivity contribution in [1.29, 1.82) is 0 Å². The van der Waals surface area contributed by atoms with Gasteiger partial charge in [0.2, 0.25) is 0 Å². The second-order valence-corrected chi connectivity index (χ2v) is 6.46. The van der Waals surface area contributed by atoms with Crippen LogP contribution in [-0.2, 0) is 0 Å². The number of benzene rings is 1. The fourth-order valence-electron chi connectivity index (χ4n) is 2.57. The normalized spacial score (nSPS) is 12.8. The molecule has 1 aromatic rings. The van der Waals surface area contributed by atoms with Crippen molar-refractivity contribution >= 4 is 15.9 Å². The largest absolute Gasteiger partial charge is 0.310 e. The summed E-state index contributed by atoms with van der Waals surface area (Å²) in [6.45, 7) is 11.4. The van der Waals surface area contributed by atoms with Gasteiger partial charge in [-0.05, 0) is 57.1 Å². The molecular weight excluding hydrogens is 324 g/mol. The molecule has 3 heteroatoms. The molecule has 0 aliphatic carbocycles. The molecule has 1 rings (SSSR count). The van der Waals surface area contributed by atoms with Crippen molar-refractivity contribution in [1.82, 2.24) is 10.2 Å². The zero-order valence-corrected chi connectivity index (χ0v) is 15.5. The summed E-state index contributed by atoms with van der Waals surface area (Å²) in [7, 11) is 0. The van der Waals surface area contributed by atoms with Crippen LogP contribution < -0.4 is 5.32 Å². The van der Waals surface area contributed by atoms with Crippen LogP contribution in [0.25, 0.3) is 0 Å². The summed E-state index contributed by atoms with van der Waals surface area (Å²) in [5.74, 6) is 0. The Hall–Kier alpha value is -0.380. The van der Waals surface area contributed by atoms with E-state index < -0.39 is 0 Å². The van der Waals surface area contributed by atoms with Crippen molar-refractivity contribution in [3.05, 3.63) is 34.3 Å². The summed E-state index contributed by atoms with van der Waals surface area (Å²) in [5, 5.41) is 3.71. The van der Waals surface area contributed by atoms with E-state index in [2.05, 4.69) is 71.2 Å². The maximum atomic E-state index is 3.71. The molecule has 0 spiro atoms. The lowest BCUT2D eigenvalue weighted by Gasteiger charge is -2.25. The average molecular weight is 355 g/mol. The quantitative estimate of drug-likeness (QED) is 0.601. The van der Waals surface area contributed by atoms with E-state index in [9.17, 15) is 0 Å². The van der Waals surface area contributed by atoms with Crippen LogP contribution in [-0.4, -0.2) is 31.1 Å². The monoisotopic (exact) mass is 354 g/mol. The minimum atomic E-state index is 0.441. The number of hydrogen-bond acceptors (Lipinski definition) is 2. The lowest BCUT2D eigenvalue weighted by Crippen LogP contribution is -2.30. The Kier molecular flexibility index (Phi) is 9.98. The van der Waals surface area contributed by atoms with Crippen LogP contribution in [0.5, 0.6) is 0 Å². The van der Waals surface area contributed by atoms with Crippen LogP contribution in [0.4, 0.5) is 0 Å². The molecule has 0 saturated carbocycles. The molecule has 2 nitrogen and oxygen atoms in total. The van der Waals surface area contributed by atoms with Crippen molar-refractivity contribution in [2.24, 2.45) is 0 Å². The molecule has 0 saturated heterocycles. The Morgan fingerprint density at radius 3 is 2.48 bits per heavy atom. The van der Waals surface area contributed by atoms with Gasteiger partial charge in [0, 0.05) is 10.5 Å².